The Kier molecular flexibility index (Phi) is 27.4. The van der Waals surface area contributed by atoms with Gasteiger partial charge in [0, 0.05) is 38.0 Å². The summed E-state index contributed by atoms with van der Waals surface area (Å²) in [6.45, 7) is 6.70. The number of carbonyl (C=O) groups excluding carboxylic acids is 3. The molecule has 8 unspecified atom stereocenters. The lowest BCUT2D eigenvalue weighted by molar-refractivity contribution is -0.304. The van der Waals surface area contributed by atoms with Gasteiger partial charge in [-0.2, -0.15) is 0 Å². The molecule has 0 aromatic carbocycles. The predicted octanol–water partition coefficient (Wildman–Crippen LogP) is 0.697. The Morgan fingerprint density at radius 1 is 0.750 bits per heavy atom. The Balaban J connectivity index is 1.97. The minimum Gasteiger partial charge on any atom is -0.467 e. The number of amides is 1. The van der Waals surface area contributed by atoms with Crippen molar-refractivity contribution in [3.05, 3.63) is 85.1 Å². The van der Waals surface area contributed by atoms with Gasteiger partial charge in [0.1, 0.15) is 18.2 Å². The first-order chi connectivity index (χ1) is 34.1. The van der Waals surface area contributed by atoms with Gasteiger partial charge in [-0.15, -0.1) is 0 Å². The smallest absolute Gasteiger partial charge is 0.328 e. The molecule has 1 amide bonds. The average molecular weight is 1020 g/mol. The Morgan fingerprint density at radius 2 is 1.35 bits per heavy atom. The van der Waals surface area contributed by atoms with Gasteiger partial charge in [-0.05, 0) is 32.1 Å². The third-order valence-corrected chi connectivity index (χ3v) is 13.0. The fraction of sp³-hybridized carbons (Fsp3) is 0.673. The first-order valence-electron chi connectivity index (χ1n) is 24.9. The van der Waals surface area contributed by atoms with E-state index >= 15 is 0 Å². The topological polar surface area (TPSA) is 338 Å². The van der Waals surface area contributed by atoms with Gasteiger partial charge in [0.05, 0.1) is 93.1 Å². The third kappa shape index (κ3) is 21.5. The zero-order valence-corrected chi connectivity index (χ0v) is 42.1. The molecule has 0 spiro atoms. The monoisotopic (exact) mass is 1020 g/mol. The number of hydrogen-bond acceptors (Lipinski definition) is 19. The molecule has 0 saturated carbocycles. The highest BCUT2D eigenvalue weighted by Gasteiger charge is 2.51. The van der Waals surface area contributed by atoms with Crippen LogP contribution in [0.1, 0.15) is 91.9 Å². The zero-order valence-electron chi connectivity index (χ0n) is 42.1. The minimum absolute atomic E-state index is 0.116. The van der Waals surface area contributed by atoms with Gasteiger partial charge in [0.25, 0.3) is 0 Å². The van der Waals surface area contributed by atoms with Gasteiger partial charge < -0.3 is 85.8 Å². The van der Waals surface area contributed by atoms with Crippen molar-refractivity contribution in [3.8, 4) is 0 Å². The lowest BCUT2D eigenvalue weighted by atomic mass is 9.81. The summed E-state index contributed by atoms with van der Waals surface area (Å²) in [5.74, 6) is -6.79. The first kappa shape index (κ1) is 62.3. The number of nitrogens with two attached hydrogens (primary N) is 1. The van der Waals surface area contributed by atoms with Crippen molar-refractivity contribution in [2.75, 3.05) is 13.7 Å². The van der Waals surface area contributed by atoms with E-state index in [1.807, 2.05) is 26.0 Å². The number of allylic oxidation sites excluding steroid dienone is 12. The molecule has 72 heavy (non-hydrogen) atoms. The molecule has 2 bridgehead atoms. The molecule has 13 N–H and O–H groups in total. The molecular formula is C52H82N2O18. The number of fused-ring (bicyclic) bond motifs is 2. The molecule has 20 heteroatoms. The van der Waals surface area contributed by atoms with Crippen LogP contribution in [0.4, 0.5) is 0 Å². The predicted molar refractivity (Wildman–Crippen MR) is 264 cm³/mol. The summed E-state index contributed by atoms with van der Waals surface area (Å²) in [5.41, 5.74) is 6.03. The van der Waals surface area contributed by atoms with E-state index < -0.39 is 153 Å². The van der Waals surface area contributed by atoms with E-state index in [2.05, 4.69) is 5.32 Å². The normalized spacial score (nSPS) is 40.9. The third-order valence-electron chi connectivity index (χ3n) is 13.0. The van der Waals surface area contributed by atoms with E-state index in [1.54, 1.807) is 86.8 Å². The number of nitrogens with one attached hydrogen (secondary N) is 1. The molecule has 3 heterocycles. The van der Waals surface area contributed by atoms with E-state index in [0.717, 1.165) is 0 Å². The highest BCUT2D eigenvalue weighted by atomic mass is 16.7. The number of aliphatic hydroxyl groups excluding tert-OH is 9. The van der Waals surface area contributed by atoms with Crippen molar-refractivity contribution in [1.29, 1.82) is 0 Å². The van der Waals surface area contributed by atoms with Gasteiger partial charge >= 0.3 is 11.9 Å². The van der Waals surface area contributed by atoms with Gasteiger partial charge in [-0.3, -0.25) is 9.59 Å². The van der Waals surface area contributed by atoms with Crippen LogP contribution in [0.5, 0.6) is 0 Å². The van der Waals surface area contributed by atoms with E-state index in [-0.39, 0.29) is 44.6 Å². The standard InChI is InChI=1S/C52H82N2O18/c1-6-31(2)47(50(66)68-5)54-49(65)45-41(61)29-52(67)28-36(57)25-40(60)38(58)22-21-34(55)24-35(56)26-44(63)70-33(4)23-39(59)32(3)19-17-15-13-11-9-7-8-10-12-14-16-18-20-37(27-43(45)72-52)71-51-48(64)46(53)42(62)30-69-51/h7-20,31-43,45-48,51,55-62,64,67H,6,21-30,53H2,1-5H3,(H,54,65)/b8-7+,11-9+,12-10+,15-13+,16-14+,19-17+,20-18+/t31?,32-,33-,34?,35?,36?,37?,38?,39-,40?,41-,42+,43-,45+,46-,47-,48-,51-,52?/m0/s1. The SMILES string of the molecule is CCC(C)[C@H](NC(=O)[C@H]1[C@@H]2CC(O[C@@H]3OC[C@@H](O)[C@H](N)[C@@H]3O)/C=C/C=C/C=C/C=C/C=C/C=C/C=C/[C@H](C)[C@@H](O)C[C@H](C)OC(=O)CC(O)CC(O)CCC(O)C(O)CC(O)CC(O)(C[C@@H]1O)O2)C(=O)OC. The minimum atomic E-state index is -2.36. The summed E-state index contributed by atoms with van der Waals surface area (Å²) in [6.07, 6.45) is 4.94. The number of carbonyl (C=O) groups is 3. The van der Waals surface area contributed by atoms with Gasteiger partial charge in [-0.1, -0.05) is 112 Å². The zero-order chi connectivity index (χ0) is 53.5. The number of methoxy groups -OCH3 is 1. The molecule has 408 valence electrons. The second kappa shape index (κ2) is 31.7. The second-order valence-electron chi connectivity index (χ2n) is 19.3. The molecule has 0 aromatic heterocycles. The lowest BCUT2D eigenvalue weighted by Gasteiger charge is -2.46. The van der Waals surface area contributed by atoms with Crippen molar-refractivity contribution >= 4 is 17.8 Å². The van der Waals surface area contributed by atoms with Gasteiger partial charge in [0.2, 0.25) is 5.91 Å². The molecule has 3 rings (SSSR count). The highest BCUT2D eigenvalue weighted by molar-refractivity contribution is 5.86. The van der Waals surface area contributed by atoms with Crippen LogP contribution < -0.4 is 11.1 Å². The van der Waals surface area contributed by atoms with Crippen LogP contribution >= 0.6 is 0 Å². The Hall–Kier alpha value is -3.97. The van der Waals surface area contributed by atoms with Crippen LogP contribution in [-0.2, 0) is 38.1 Å². The fourth-order valence-electron chi connectivity index (χ4n) is 8.56. The molecule has 3 aliphatic heterocycles. The number of ether oxygens (including phenoxy) is 5. The van der Waals surface area contributed by atoms with E-state index in [4.69, 9.17) is 29.4 Å². The first-order valence-corrected chi connectivity index (χ1v) is 24.9. The molecule has 19 atom stereocenters. The highest BCUT2D eigenvalue weighted by Crippen LogP contribution is 2.38. The number of hydrogen-bond donors (Lipinski definition) is 12. The average Bonchev–Trinajstić information content (AvgIpc) is 3.30. The van der Waals surface area contributed by atoms with Crippen LogP contribution in [0.3, 0.4) is 0 Å². The lowest BCUT2D eigenvalue weighted by Crippen LogP contribution is -2.60. The summed E-state index contributed by atoms with van der Waals surface area (Å²) < 4.78 is 28.3. The van der Waals surface area contributed by atoms with E-state index in [1.165, 1.54) is 7.11 Å². The summed E-state index contributed by atoms with van der Waals surface area (Å²) in [6, 6.07) is -2.28. The molecule has 0 aromatic rings. The van der Waals surface area contributed by atoms with Crippen molar-refractivity contribution in [1.82, 2.24) is 5.32 Å². The molecule has 2 saturated heterocycles. The number of esters is 2. The summed E-state index contributed by atoms with van der Waals surface area (Å²) in [5, 5.41) is 112. The van der Waals surface area contributed by atoms with E-state index in [9.17, 15) is 65.4 Å². The molecule has 0 radical (unpaired) electrons. The summed E-state index contributed by atoms with van der Waals surface area (Å²) in [7, 11) is 1.17. The maximum Gasteiger partial charge on any atom is 0.328 e. The van der Waals surface area contributed by atoms with Gasteiger partial charge in [0.15, 0.2) is 12.1 Å². The van der Waals surface area contributed by atoms with Crippen LogP contribution in [0.15, 0.2) is 85.1 Å². The molecule has 2 fully saturated rings. The molecule has 20 nitrogen and oxygen atoms in total. The molecule has 0 aliphatic carbocycles. The van der Waals surface area contributed by atoms with Crippen molar-refractivity contribution in [2.24, 2.45) is 23.5 Å². The summed E-state index contributed by atoms with van der Waals surface area (Å²) >= 11 is 0. The van der Waals surface area contributed by atoms with Gasteiger partial charge in [-0.25, -0.2) is 4.79 Å². The van der Waals surface area contributed by atoms with Crippen molar-refractivity contribution in [3.63, 3.8) is 0 Å². The Labute approximate surface area is 422 Å². The Morgan fingerprint density at radius 3 is 1.94 bits per heavy atom. The molecule has 3 aliphatic rings. The number of cyclic esters (lactones) is 1. The molecular weight excluding hydrogens is 941 g/mol. The second-order valence-corrected chi connectivity index (χ2v) is 19.3. The number of rotatable bonds is 7. The van der Waals surface area contributed by atoms with Crippen LogP contribution in [-0.4, -0.2) is 180 Å². The van der Waals surface area contributed by atoms with Crippen LogP contribution in [0.2, 0.25) is 0 Å². The Bertz CT molecular complexity index is 1860. The largest absolute Gasteiger partial charge is 0.467 e. The maximum atomic E-state index is 14.2. The van der Waals surface area contributed by atoms with Crippen LogP contribution in [0.25, 0.3) is 0 Å². The fourth-order valence-corrected chi connectivity index (χ4v) is 8.56. The van der Waals surface area contributed by atoms with Crippen LogP contribution in [0, 0.1) is 17.8 Å². The van der Waals surface area contributed by atoms with E-state index in [0.29, 0.717) is 6.42 Å². The summed E-state index contributed by atoms with van der Waals surface area (Å²) in [4.78, 5) is 39.6. The van der Waals surface area contributed by atoms with Crippen molar-refractivity contribution < 1.29 is 89.1 Å². The number of aliphatic hydroxyl groups is 10. The van der Waals surface area contributed by atoms with Crippen molar-refractivity contribution in [2.45, 2.75) is 189 Å². The maximum absolute atomic E-state index is 14.2. The quantitative estimate of drug-likeness (QED) is 0.156.